The minimum atomic E-state index is 0.186. The number of amides is 1. The fraction of sp³-hybridized carbons (Fsp3) is 0.421. The van der Waals surface area contributed by atoms with E-state index in [9.17, 15) is 4.79 Å². The molecule has 0 atom stereocenters. The lowest BCUT2D eigenvalue weighted by atomic mass is 10.0. The Bertz CT molecular complexity index is 1030. The van der Waals surface area contributed by atoms with E-state index in [0.29, 0.717) is 18.1 Å². The average Bonchev–Trinajstić information content (AvgIpc) is 3.19. The van der Waals surface area contributed by atoms with Crippen LogP contribution in [0, 0.1) is 6.92 Å². The molecule has 4 heterocycles. The van der Waals surface area contributed by atoms with Gasteiger partial charge in [0.1, 0.15) is 16.5 Å². The van der Waals surface area contributed by atoms with Crippen molar-refractivity contribution >= 4 is 28.4 Å². The monoisotopic (exact) mass is 371 g/mol. The molecule has 0 saturated heterocycles. The zero-order valence-electron chi connectivity index (χ0n) is 15.5. The van der Waals surface area contributed by atoms with Crippen molar-refractivity contribution in [3.8, 4) is 11.4 Å². The highest BCUT2D eigenvalue weighted by atomic mass is 35.5. The molecule has 4 rings (SSSR count). The fourth-order valence-electron chi connectivity index (χ4n) is 3.98. The van der Waals surface area contributed by atoms with E-state index in [0.717, 1.165) is 40.8 Å². The Morgan fingerprint density at radius 2 is 2.12 bits per heavy atom. The van der Waals surface area contributed by atoms with Crippen molar-refractivity contribution in [2.75, 3.05) is 6.54 Å². The summed E-state index contributed by atoms with van der Waals surface area (Å²) in [5, 5.41) is 6.10. The average molecular weight is 372 g/mol. The molecule has 0 aliphatic carbocycles. The first-order chi connectivity index (χ1) is 12.4. The lowest BCUT2D eigenvalue weighted by Crippen LogP contribution is -2.35. The quantitative estimate of drug-likeness (QED) is 0.650. The molecule has 0 unspecified atom stereocenters. The molecule has 1 aliphatic rings. The second-order valence-electron chi connectivity index (χ2n) is 6.88. The van der Waals surface area contributed by atoms with Gasteiger partial charge in [-0.25, -0.2) is 4.98 Å². The molecule has 1 amide bonds. The molecule has 1 aliphatic heterocycles. The number of aromatic nitrogens is 4. The highest BCUT2D eigenvalue weighted by molar-refractivity contribution is 6.31. The summed E-state index contributed by atoms with van der Waals surface area (Å²) >= 11 is 6.46. The van der Waals surface area contributed by atoms with Crippen molar-refractivity contribution in [3.63, 3.8) is 0 Å². The van der Waals surface area contributed by atoms with E-state index >= 15 is 0 Å². The topological polar surface area (TPSA) is 56.0 Å². The molecule has 7 heteroatoms. The molecule has 3 aromatic heterocycles. The van der Waals surface area contributed by atoms with Crippen LogP contribution in [0.4, 0.5) is 0 Å². The molecular weight excluding hydrogens is 350 g/mol. The summed E-state index contributed by atoms with van der Waals surface area (Å²) in [5.41, 5.74) is 6.06. The highest BCUT2D eigenvalue weighted by Gasteiger charge is 2.29. The van der Waals surface area contributed by atoms with Crippen molar-refractivity contribution in [1.29, 1.82) is 0 Å². The zero-order chi connectivity index (χ0) is 18.6. The van der Waals surface area contributed by atoms with Gasteiger partial charge in [-0.1, -0.05) is 18.5 Å². The highest BCUT2D eigenvalue weighted by Crippen LogP contribution is 2.39. The number of rotatable bonds is 2. The Morgan fingerprint density at radius 1 is 1.35 bits per heavy atom. The Labute approximate surface area is 157 Å². The normalized spacial score (nSPS) is 14.1. The maximum Gasteiger partial charge on any atom is 0.222 e. The van der Waals surface area contributed by atoms with Crippen LogP contribution in [0.2, 0.25) is 5.15 Å². The molecular formula is C19H22ClN5O. The van der Waals surface area contributed by atoms with Crippen molar-refractivity contribution in [3.05, 3.63) is 34.2 Å². The Kier molecular flexibility index (Phi) is 4.03. The third-order valence-electron chi connectivity index (χ3n) is 5.32. The molecule has 0 bridgehead atoms. The van der Waals surface area contributed by atoms with E-state index in [2.05, 4.69) is 21.7 Å². The maximum atomic E-state index is 12.3. The second kappa shape index (κ2) is 6.13. The van der Waals surface area contributed by atoms with Gasteiger partial charge in [0.05, 0.1) is 5.52 Å². The maximum absolute atomic E-state index is 12.3. The predicted molar refractivity (Wildman–Crippen MR) is 102 cm³/mol. The van der Waals surface area contributed by atoms with Gasteiger partial charge < -0.3 is 9.47 Å². The molecule has 0 spiro atoms. The number of hydrogen-bond donors (Lipinski definition) is 0. The van der Waals surface area contributed by atoms with E-state index in [1.807, 2.05) is 38.1 Å². The van der Waals surface area contributed by atoms with E-state index < -0.39 is 0 Å². The number of nitrogens with zero attached hydrogens (tertiary/aromatic N) is 5. The second-order valence-corrected chi connectivity index (χ2v) is 7.24. The summed E-state index contributed by atoms with van der Waals surface area (Å²) in [6, 6.07) is 1.95. The summed E-state index contributed by atoms with van der Waals surface area (Å²) in [6.45, 7) is 5.27. The largest absolute Gasteiger partial charge is 0.347 e. The molecule has 136 valence electrons. The van der Waals surface area contributed by atoms with Gasteiger partial charge in [-0.3, -0.25) is 9.48 Å². The first kappa shape index (κ1) is 17.1. The van der Waals surface area contributed by atoms with Crippen molar-refractivity contribution in [2.45, 2.75) is 33.2 Å². The van der Waals surface area contributed by atoms with Crippen LogP contribution in [0.5, 0.6) is 0 Å². The summed E-state index contributed by atoms with van der Waals surface area (Å²) in [6.07, 6.45) is 3.26. The lowest BCUT2D eigenvalue weighted by molar-refractivity contribution is -0.131. The Hall–Kier alpha value is -2.34. The third-order valence-corrected chi connectivity index (χ3v) is 5.69. The van der Waals surface area contributed by atoms with Crippen molar-refractivity contribution < 1.29 is 4.79 Å². The van der Waals surface area contributed by atoms with Crippen LogP contribution in [0.15, 0.2) is 12.3 Å². The molecule has 6 nitrogen and oxygen atoms in total. The number of hydrogen-bond acceptors (Lipinski definition) is 3. The number of carbonyl (C=O) groups is 1. The minimum Gasteiger partial charge on any atom is -0.347 e. The summed E-state index contributed by atoms with van der Waals surface area (Å²) in [4.78, 5) is 18.9. The van der Waals surface area contributed by atoms with Crippen LogP contribution < -0.4 is 0 Å². The number of aryl methyl sites for hydroxylation is 3. The van der Waals surface area contributed by atoms with E-state index in [1.165, 1.54) is 11.3 Å². The third kappa shape index (κ3) is 2.43. The summed E-state index contributed by atoms with van der Waals surface area (Å²) in [7, 11) is 3.96. The molecule has 0 radical (unpaired) electrons. The first-order valence-electron chi connectivity index (χ1n) is 8.86. The standard InChI is InChI=1S/C19H22ClN5O/c1-5-15(26)25-9-7-14-12(10-25)16-17(13-6-8-23(3)22-13)21-19(20)11(2)18(16)24(14)4/h6,8H,5,7,9-10H2,1-4H3. The number of pyridine rings is 1. The zero-order valence-corrected chi connectivity index (χ0v) is 16.3. The van der Waals surface area contributed by atoms with Crippen molar-refractivity contribution in [1.82, 2.24) is 24.2 Å². The molecule has 3 aromatic rings. The number of fused-ring (bicyclic) bond motifs is 3. The summed E-state index contributed by atoms with van der Waals surface area (Å²) < 4.78 is 3.98. The van der Waals surface area contributed by atoms with E-state index in [1.54, 1.807) is 4.68 Å². The van der Waals surface area contributed by atoms with Gasteiger partial charge in [0, 0.05) is 68.4 Å². The van der Waals surface area contributed by atoms with Gasteiger partial charge in [0.25, 0.3) is 0 Å². The van der Waals surface area contributed by atoms with Gasteiger partial charge in [0.15, 0.2) is 0 Å². The SMILES string of the molecule is CCC(=O)N1CCc2c(c3c(-c4ccn(C)n4)nc(Cl)c(C)c3n2C)C1. The van der Waals surface area contributed by atoms with E-state index in [4.69, 9.17) is 11.6 Å². The van der Waals surface area contributed by atoms with Crippen LogP contribution >= 0.6 is 11.6 Å². The molecule has 0 fully saturated rings. The van der Waals surface area contributed by atoms with Crippen molar-refractivity contribution in [2.24, 2.45) is 14.1 Å². The summed E-state index contributed by atoms with van der Waals surface area (Å²) in [5.74, 6) is 0.186. The minimum absolute atomic E-state index is 0.186. The van der Waals surface area contributed by atoms with E-state index in [-0.39, 0.29) is 5.91 Å². The van der Waals surface area contributed by atoms with Gasteiger partial charge >= 0.3 is 0 Å². The Morgan fingerprint density at radius 3 is 2.77 bits per heavy atom. The van der Waals surface area contributed by atoms with Gasteiger partial charge in [-0.05, 0) is 13.0 Å². The van der Waals surface area contributed by atoms with Gasteiger partial charge in [-0.2, -0.15) is 5.10 Å². The number of halogens is 1. The fourth-order valence-corrected chi connectivity index (χ4v) is 4.16. The van der Waals surface area contributed by atoms with Crippen LogP contribution in [0.3, 0.4) is 0 Å². The van der Waals surface area contributed by atoms with Crippen LogP contribution in [-0.4, -0.2) is 36.7 Å². The number of carbonyl (C=O) groups excluding carboxylic acids is 1. The molecule has 0 saturated carbocycles. The predicted octanol–water partition coefficient (Wildman–Crippen LogP) is 3.23. The lowest BCUT2D eigenvalue weighted by Gasteiger charge is -2.27. The molecule has 26 heavy (non-hydrogen) atoms. The first-order valence-corrected chi connectivity index (χ1v) is 9.24. The van der Waals surface area contributed by atoms with Crippen LogP contribution in [0.1, 0.15) is 30.2 Å². The van der Waals surface area contributed by atoms with Gasteiger partial charge in [0.2, 0.25) is 5.91 Å². The smallest absolute Gasteiger partial charge is 0.222 e. The molecule has 0 N–H and O–H groups in total. The van der Waals surface area contributed by atoms with Crippen LogP contribution in [-0.2, 0) is 31.9 Å². The van der Waals surface area contributed by atoms with Gasteiger partial charge in [-0.15, -0.1) is 0 Å². The molecule has 0 aromatic carbocycles. The Balaban J connectivity index is 2.02. The van der Waals surface area contributed by atoms with Crippen LogP contribution in [0.25, 0.3) is 22.3 Å².